The highest BCUT2D eigenvalue weighted by Gasteiger charge is 2.13. The maximum atomic E-state index is 12.0. The summed E-state index contributed by atoms with van der Waals surface area (Å²) in [5, 5.41) is 13.6. The van der Waals surface area contributed by atoms with Crippen LogP contribution in [0.4, 0.5) is 0 Å². The Morgan fingerprint density at radius 1 is 1.04 bits per heavy atom. The van der Waals surface area contributed by atoms with E-state index in [-0.39, 0.29) is 12.5 Å². The maximum absolute atomic E-state index is 12.0. The Labute approximate surface area is 132 Å². The first-order chi connectivity index (χ1) is 11.1. The van der Waals surface area contributed by atoms with Gasteiger partial charge in [-0.05, 0) is 35.9 Å². The number of benzene rings is 2. The third kappa shape index (κ3) is 3.32. The molecule has 0 saturated heterocycles. The smallest absolute Gasteiger partial charge is 0.255 e. The van der Waals surface area contributed by atoms with Crippen molar-refractivity contribution in [3.63, 3.8) is 0 Å². The van der Waals surface area contributed by atoms with Gasteiger partial charge in [0.05, 0.1) is 11.7 Å². The van der Waals surface area contributed by atoms with E-state index in [4.69, 9.17) is 9.47 Å². The van der Waals surface area contributed by atoms with E-state index in [2.05, 4.69) is 5.32 Å². The molecule has 0 unspecified atom stereocenters. The minimum absolute atomic E-state index is 0.126. The van der Waals surface area contributed by atoms with Crippen molar-refractivity contribution in [1.29, 1.82) is 0 Å². The van der Waals surface area contributed by atoms with Gasteiger partial charge in [0.25, 0.3) is 5.91 Å². The van der Waals surface area contributed by atoms with E-state index in [1.807, 2.05) is 0 Å². The second-order valence-corrected chi connectivity index (χ2v) is 4.78. The van der Waals surface area contributed by atoms with Crippen molar-refractivity contribution in [1.82, 2.24) is 5.32 Å². The number of rotatable bonds is 4. The zero-order valence-electron chi connectivity index (χ0n) is 11.9. The SMILES string of the molecule is O=C([O-])/C(=C/c1ccc2c(c1)OCO2)NC(=O)c1ccccc1. The molecule has 116 valence electrons. The van der Waals surface area contributed by atoms with Crippen molar-refractivity contribution in [3.8, 4) is 11.5 Å². The summed E-state index contributed by atoms with van der Waals surface area (Å²) in [6.45, 7) is 0.126. The second kappa shape index (κ2) is 6.23. The van der Waals surface area contributed by atoms with Gasteiger partial charge in [-0.1, -0.05) is 24.3 Å². The highest BCUT2D eigenvalue weighted by Crippen LogP contribution is 2.32. The highest BCUT2D eigenvalue weighted by atomic mass is 16.7. The molecule has 2 aromatic carbocycles. The number of carbonyl (C=O) groups is 2. The first-order valence-corrected chi connectivity index (χ1v) is 6.82. The van der Waals surface area contributed by atoms with Gasteiger partial charge in [-0.2, -0.15) is 0 Å². The summed E-state index contributed by atoms with van der Waals surface area (Å²) in [7, 11) is 0. The molecule has 0 saturated carbocycles. The van der Waals surface area contributed by atoms with E-state index in [1.165, 1.54) is 6.08 Å². The standard InChI is InChI=1S/C17H13NO5/c19-16(12-4-2-1-3-5-12)18-13(17(20)21)8-11-6-7-14-15(9-11)23-10-22-14/h1-9H,10H2,(H,18,19)(H,20,21)/p-1/b13-8-. The fourth-order valence-corrected chi connectivity index (χ4v) is 2.10. The lowest BCUT2D eigenvalue weighted by molar-refractivity contribution is -0.299. The number of nitrogens with one attached hydrogen (secondary N) is 1. The van der Waals surface area contributed by atoms with E-state index < -0.39 is 11.9 Å². The van der Waals surface area contributed by atoms with Crippen LogP contribution in [0.15, 0.2) is 54.2 Å². The van der Waals surface area contributed by atoms with Crippen LogP contribution in [-0.4, -0.2) is 18.7 Å². The summed E-state index contributed by atoms with van der Waals surface area (Å²) in [5.41, 5.74) is 0.560. The Kier molecular flexibility index (Phi) is 3.97. The number of carboxylic acids is 1. The van der Waals surface area contributed by atoms with Crippen molar-refractivity contribution in [2.45, 2.75) is 0 Å². The molecule has 3 rings (SSSR count). The number of aliphatic carboxylic acids is 1. The van der Waals surface area contributed by atoms with Gasteiger partial charge < -0.3 is 24.7 Å². The van der Waals surface area contributed by atoms with Gasteiger partial charge in [0.1, 0.15) is 0 Å². The molecule has 0 aromatic heterocycles. The molecule has 0 spiro atoms. The lowest BCUT2D eigenvalue weighted by Gasteiger charge is -2.11. The summed E-state index contributed by atoms with van der Waals surface area (Å²) in [4.78, 5) is 23.3. The Bertz CT molecular complexity index is 783. The second-order valence-electron chi connectivity index (χ2n) is 4.78. The van der Waals surface area contributed by atoms with Crippen LogP contribution < -0.4 is 19.9 Å². The van der Waals surface area contributed by atoms with Gasteiger partial charge in [0.2, 0.25) is 6.79 Å². The molecule has 6 nitrogen and oxygen atoms in total. The number of hydrogen-bond donors (Lipinski definition) is 1. The Morgan fingerprint density at radius 2 is 1.78 bits per heavy atom. The van der Waals surface area contributed by atoms with E-state index >= 15 is 0 Å². The van der Waals surface area contributed by atoms with E-state index in [9.17, 15) is 14.7 Å². The zero-order valence-corrected chi connectivity index (χ0v) is 11.9. The fourth-order valence-electron chi connectivity index (χ4n) is 2.10. The van der Waals surface area contributed by atoms with Gasteiger partial charge in [-0.15, -0.1) is 0 Å². The Hall–Kier alpha value is -3.28. The van der Waals surface area contributed by atoms with Gasteiger partial charge in [0.15, 0.2) is 11.5 Å². The van der Waals surface area contributed by atoms with Crippen LogP contribution in [0.1, 0.15) is 15.9 Å². The first kappa shape index (κ1) is 14.6. The van der Waals surface area contributed by atoms with Gasteiger partial charge in [-0.25, -0.2) is 0 Å². The molecular formula is C17H12NO5-. The zero-order chi connectivity index (χ0) is 16.2. The molecule has 0 fully saturated rings. The van der Waals surface area contributed by atoms with Gasteiger partial charge in [0, 0.05) is 5.56 Å². The molecule has 1 aliphatic heterocycles. The van der Waals surface area contributed by atoms with Crippen molar-refractivity contribution in [2.75, 3.05) is 6.79 Å². The summed E-state index contributed by atoms with van der Waals surface area (Å²) >= 11 is 0. The highest BCUT2D eigenvalue weighted by molar-refractivity contribution is 6.02. The van der Waals surface area contributed by atoms with E-state index in [0.717, 1.165) is 0 Å². The predicted molar refractivity (Wildman–Crippen MR) is 79.5 cm³/mol. The molecule has 0 bridgehead atoms. The monoisotopic (exact) mass is 310 g/mol. The summed E-state index contributed by atoms with van der Waals surface area (Å²) in [6, 6.07) is 13.3. The summed E-state index contributed by atoms with van der Waals surface area (Å²) in [6.07, 6.45) is 1.30. The van der Waals surface area contributed by atoms with Crippen LogP contribution in [0, 0.1) is 0 Å². The largest absolute Gasteiger partial charge is 0.543 e. The number of hydrogen-bond acceptors (Lipinski definition) is 5. The van der Waals surface area contributed by atoms with Crippen LogP contribution in [0.25, 0.3) is 6.08 Å². The first-order valence-electron chi connectivity index (χ1n) is 6.82. The van der Waals surface area contributed by atoms with Crippen molar-refractivity contribution in [2.24, 2.45) is 0 Å². The average molecular weight is 310 g/mol. The molecule has 0 radical (unpaired) electrons. The molecule has 23 heavy (non-hydrogen) atoms. The molecule has 0 atom stereocenters. The molecule has 1 heterocycles. The Morgan fingerprint density at radius 3 is 2.52 bits per heavy atom. The van der Waals surface area contributed by atoms with E-state index in [0.29, 0.717) is 22.6 Å². The Balaban J connectivity index is 1.84. The van der Waals surface area contributed by atoms with Crippen LogP contribution in [0.2, 0.25) is 0 Å². The molecular weight excluding hydrogens is 298 g/mol. The molecule has 6 heteroatoms. The van der Waals surface area contributed by atoms with Crippen LogP contribution in [-0.2, 0) is 4.79 Å². The minimum Gasteiger partial charge on any atom is -0.543 e. The summed E-state index contributed by atoms with van der Waals surface area (Å²) in [5.74, 6) is -0.898. The molecule has 1 N–H and O–H groups in total. The van der Waals surface area contributed by atoms with E-state index in [1.54, 1.807) is 48.5 Å². The summed E-state index contributed by atoms with van der Waals surface area (Å²) < 4.78 is 10.4. The number of carboxylic acid groups (broad SMARTS) is 1. The number of amides is 1. The van der Waals surface area contributed by atoms with Crippen molar-refractivity contribution >= 4 is 18.0 Å². The van der Waals surface area contributed by atoms with Gasteiger partial charge >= 0.3 is 0 Å². The fraction of sp³-hybridized carbons (Fsp3) is 0.0588. The van der Waals surface area contributed by atoms with Crippen LogP contribution in [0.3, 0.4) is 0 Å². The topological polar surface area (TPSA) is 87.7 Å². The quantitative estimate of drug-likeness (QED) is 0.849. The number of ether oxygens (including phenoxy) is 2. The minimum atomic E-state index is -1.48. The number of carbonyl (C=O) groups excluding carboxylic acids is 2. The van der Waals surface area contributed by atoms with Crippen LogP contribution >= 0.6 is 0 Å². The molecule has 2 aromatic rings. The normalized spacial score (nSPS) is 12.8. The average Bonchev–Trinajstić information content (AvgIpc) is 3.02. The lowest BCUT2D eigenvalue weighted by Crippen LogP contribution is -2.35. The van der Waals surface area contributed by atoms with Crippen LogP contribution in [0.5, 0.6) is 11.5 Å². The number of fused-ring (bicyclic) bond motifs is 1. The van der Waals surface area contributed by atoms with Crippen molar-refractivity contribution in [3.05, 3.63) is 65.4 Å². The maximum Gasteiger partial charge on any atom is 0.255 e. The molecule has 1 aliphatic rings. The lowest BCUT2D eigenvalue weighted by atomic mass is 10.1. The van der Waals surface area contributed by atoms with Crippen molar-refractivity contribution < 1.29 is 24.2 Å². The third-order valence-electron chi connectivity index (χ3n) is 3.21. The molecule has 1 amide bonds. The van der Waals surface area contributed by atoms with Gasteiger partial charge in [-0.3, -0.25) is 4.79 Å². The predicted octanol–water partition coefficient (Wildman–Crippen LogP) is 0.936. The molecule has 0 aliphatic carbocycles. The third-order valence-corrected chi connectivity index (χ3v) is 3.21.